The Labute approximate surface area is 155 Å². The van der Waals surface area contributed by atoms with Crippen molar-refractivity contribution >= 4 is 58.0 Å². The van der Waals surface area contributed by atoms with Crippen molar-refractivity contribution in [1.82, 2.24) is 0 Å². The molecule has 0 aliphatic heterocycles. The molecular formula is C17H15Cl3N2O2. The minimum Gasteiger partial charge on any atom is -0.326 e. The molecular weight excluding hydrogens is 371 g/mol. The zero-order chi connectivity index (χ0) is 17.7. The first-order valence-electron chi connectivity index (χ1n) is 7.16. The first-order chi connectivity index (χ1) is 11.4. The quantitative estimate of drug-likeness (QED) is 0.785. The third-order valence-corrected chi connectivity index (χ3v) is 4.35. The van der Waals surface area contributed by atoms with E-state index in [1.54, 1.807) is 42.5 Å². The number of hydrogen-bond acceptors (Lipinski definition) is 2. The van der Waals surface area contributed by atoms with Crippen LogP contribution < -0.4 is 10.2 Å². The highest BCUT2D eigenvalue weighted by atomic mass is 35.5. The lowest BCUT2D eigenvalue weighted by Gasteiger charge is -2.22. The van der Waals surface area contributed by atoms with Crippen molar-refractivity contribution < 1.29 is 9.59 Å². The van der Waals surface area contributed by atoms with Gasteiger partial charge in [0.05, 0.1) is 20.8 Å². The van der Waals surface area contributed by atoms with Crippen molar-refractivity contribution in [3.8, 4) is 0 Å². The smallest absolute Gasteiger partial charge is 0.226 e. The summed E-state index contributed by atoms with van der Waals surface area (Å²) in [6, 6.07) is 11.8. The Balaban J connectivity index is 2.01. The van der Waals surface area contributed by atoms with Crippen LogP contribution in [-0.4, -0.2) is 18.4 Å². The van der Waals surface area contributed by atoms with Gasteiger partial charge in [0.1, 0.15) is 0 Å². The zero-order valence-corrected chi connectivity index (χ0v) is 15.1. The Morgan fingerprint density at radius 1 is 1.00 bits per heavy atom. The minimum atomic E-state index is -0.244. The van der Waals surface area contributed by atoms with Gasteiger partial charge in [0.25, 0.3) is 0 Å². The summed E-state index contributed by atoms with van der Waals surface area (Å²) in [6.45, 7) is 1.65. The van der Waals surface area contributed by atoms with E-state index in [0.717, 1.165) is 0 Å². The number of benzene rings is 2. The van der Waals surface area contributed by atoms with Crippen LogP contribution in [0, 0.1) is 0 Å². The molecule has 0 fully saturated rings. The summed E-state index contributed by atoms with van der Waals surface area (Å²) in [6.07, 6.45) is 0.116. The second-order valence-corrected chi connectivity index (χ2v) is 6.27. The number of rotatable bonds is 5. The summed E-state index contributed by atoms with van der Waals surface area (Å²) < 4.78 is 0. The van der Waals surface area contributed by atoms with E-state index >= 15 is 0 Å². The third kappa shape index (κ3) is 4.87. The SMILES string of the molecule is CC(=O)N(CCC(=O)Nc1ccc(Cl)c(Cl)c1)c1ccccc1Cl. The fraction of sp³-hybridized carbons (Fsp3) is 0.176. The molecule has 0 radical (unpaired) electrons. The summed E-state index contributed by atoms with van der Waals surface area (Å²) in [4.78, 5) is 25.4. The number of amides is 2. The van der Waals surface area contributed by atoms with E-state index in [-0.39, 0.29) is 24.8 Å². The van der Waals surface area contributed by atoms with Crippen LogP contribution in [0.3, 0.4) is 0 Å². The molecule has 0 spiro atoms. The zero-order valence-electron chi connectivity index (χ0n) is 12.9. The normalized spacial score (nSPS) is 10.3. The average Bonchev–Trinajstić information content (AvgIpc) is 2.52. The number of para-hydroxylation sites is 1. The number of carbonyl (C=O) groups is 2. The van der Waals surface area contributed by atoms with Crippen molar-refractivity contribution in [2.45, 2.75) is 13.3 Å². The highest BCUT2D eigenvalue weighted by Gasteiger charge is 2.16. The Hall–Kier alpha value is -1.75. The van der Waals surface area contributed by atoms with Crippen molar-refractivity contribution in [3.05, 3.63) is 57.5 Å². The van der Waals surface area contributed by atoms with Gasteiger partial charge in [-0.15, -0.1) is 0 Å². The molecule has 0 unspecified atom stereocenters. The number of halogens is 3. The van der Waals surface area contributed by atoms with Crippen LogP contribution in [0.5, 0.6) is 0 Å². The van der Waals surface area contributed by atoms with E-state index in [1.807, 2.05) is 0 Å². The van der Waals surface area contributed by atoms with Crippen LogP contribution in [0.15, 0.2) is 42.5 Å². The van der Waals surface area contributed by atoms with E-state index in [0.29, 0.717) is 26.4 Å². The van der Waals surface area contributed by atoms with E-state index in [1.165, 1.54) is 11.8 Å². The second kappa shape index (κ2) is 8.38. The van der Waals surface area contributed by atoms with E-state index in [4.69, 9.17) is 34.8 Å². The Bertz CT molecular complexity index is 765. The van der Waals surface area contributed by atoms with Crippen molar-refractivity contribution in [2.24, 2.45) is 0 Å². The molecule has 2 aromatic rings. The van der Waals surface area contributed by atoms with Gasteiger partial charge in [-0.1, -0.05) is 46.9 Å². The highest BCUT2D eigenvalue weighted by molar-refractivity contribution is 6.42. The molecule has 2 amide bonds. The average molecular weight is 386 g/mol. The summed E-state index contributed by atoms with van der Waals surface area (Å²) in [7, 11) is 0. The standard InChI is InChI=1S/C17H15Cl3N2O2/c1-11(23)22(16-5-3-2-4-14(16)19)9-8-17(24)21-12-6-7-13(18)15(20)10-12/h2-7,10H,8-9H2,1H3,(H,21,24). The predicted octanol–water partition coefficient (Wildman–Crippen LogP) is 5.03. The minimum absolute atomic E-state index is 0.116. The van der Waals surface area contributed by atoms with Crippen molar-refractivity contribution in [2.75, 3.05) is 16.8 Å². The molecule has 2 rings (SSSR count). The highest BCUT2D eigenvalue weighted by Crippen LogP contribution is 2.26. The molecule has 0 aromatic heterocycles. The summed E-state index contributed by atoms with van der Waals surface area (Å²) in [5.41, 5.74) is 1.12. The van der Waals surface area contributed by atoms with E-state index in [2.05, 4.69) is 5.32 Å². The fourth-order valence-electron chi connectivity index (χ4n) is 2.13. The molecule has 0 heterocycles. The van der Waals surface area contributed by atoms with Crippen LogP contribution in [0.25, 0.3) is 0 Å². The van der Waals surface area contributed by atoms with Crippen molar-refractivity contribution in [1.29, 1.82) is 0 Å². The first-order valence-corrected chi connectivity index (χ1v) is 8.29. The molecule has 1 N–H and O–H groups in total. The number of nitrogens with one attached hydrogen (secondary N) is 1. The maximum absolute atomic E-state index is 12.1. The summed E-state index contributed by atoms with van der Waals surface area (Å²) >= 11 is 17.9. The number of nitrogens with zero attached hydrogens (tertiary/aromatic N) is 1. The topological polar surface area (TPSA) is 49.4 Å². The molecule has 0 saturated carbocycles. The van der Waals surface area contributed by atoms with Gasteiger partial charge in [-0.2, -0.15) is 0 Å². The monoisotopic (exact) mass is 384 g/mol. The van der Waals surface area contributed by atoms with Gasteiger partial charge in [0.15, 0.2) is 0 Å². The van der Waals surface area contributed by atoms with Gasteiger partial charge >= 0.3 is 0 Å². The first kappa shape index (κ1) is 18.6. The number of hydrogen-bond donors (Lipinski definition) is 1. The Morgan fingerprint density at radius 3 is 2.33 bits per heavy atom. The lowest BCUT2D eigenvalue weighted by Crippen LogP contribution is -2.32. The molecule has 0 bridgehead atoms. The van der Waals surface area contributed by atoms with Crippen LogP contribution in [0.2, 0.25) is 15.1 Å². The van der Waals surface area contributed by atoms with Crippen molar-refractivity contribution in [3.63, 3.8) is 0 Å². The summed E-state index contributed by atoms with van der Waals surface area (Å²) in [5.74, 6) is -0.433. The molecule has 0 saturated heterocycles. The second-order valence-electron chi connectivity index (χ2n) is 5.05. The molecule has 2 aromatic carbocycles. The molecule has 4 nitrogen and oxygen atoms in total. The van der Waals surface area contributed by atoms with Crippen LogP contribution in [0.1, 0.15) is 13.3 Å². The summed E-state index contributed by atoms with van der Waals surface area (Å²) in [5, 5.41) is 3.94. The van der Waals surface area contributed by atoms with Crippen LogP contribution in [0.4, 0.5) is 11.4 Å². The molecule has 126 valence electrons. The molecule has 7 heteroatoms. The van der Waals surface area contributed by atoms with Gasteiger partial charge in [0.2, 0.25) is 11.8 Å². The van der Waals surface area contributed by atoms with Gasteiger partial charge in [-0.05, 0) is 30.3 Å². The molecule has 0 aliphatic carbocycles. The maximum atomic E-state index is 12.1. The third-order valence-electron chi connectivity index (χ3n) is 3.29. The molecule has 0 atom stereocenters. The van der Waals surface area contributed by atoms with E-state index < -0.39 is 0 Å². The number of anilines is 2. The van der Waals surface area contributed by atoms with Gasteiger partial charge in [-0.25, -0.2) is 0 Å². The van der Waals surface area contributed by atoms with Gasteiger partial charge < -0.3 is 10.2 Å². The van der Waals surface area contributed by atoms with Gasteiger partial charge in [0, 0.05) is 25.6 Å². The Morgan fingerprint density at radius 2 is 1.71 bits per heavy atom. The fourth-order valence-corrected chi connectivity index (χ4v) is 2.66. The van der Waals surface area contributed by atoms with Crippen LogP contribution in [-0.2, 0) is 9.59 Å². The van der Waals surface area contributed by atoms with E-state index in [9.17, 15) is 9.59 Å². The Kier molecular flexibility index (Phi) is 6.49. The lowest BCUT2D eigenvalue weighted by atomic mass is 10.2. The molecule has 0 aliphatic rings. The lowest BCUT2D eigenvalue weighted by molar-refractivity contribution is -0.117. The predicted molar refractivity (Wildman–Crippen MR) is 99.2 cm³/mol. The van der Waals surface area contributed by atoms with Gasteiger partial charge in [-0.3, -0.25) is 9.59 Å². The van der Waals surface area contributed by atoms with Crippen LogP contribution >= 0.6 is 34.8 Å². The maximum Gasteiger partial charge on any atom is 0.226 e. The largest absolute Gasteiger partial charge is 0.326 e. The molecule has 24 heavy (non-hydrogen) atoms. The number of carbonyl (C=O) groups excluding carboxylic acids is 2.